The predicted octanol–water partition coefficient (Wildman–Crippen LogP) is 3.37. The molecule has 0 bridgehead atoms. The summed E-state index contributed by atoms with van der Waals surface area (Å²) in [5, 5.41) is 5.80. The van der Waals surface area contributed by atoms with Gasteiger partial charge in [0.1, 0.15) is 11.6 Å². The van der Waals surface area contributed by atoms with Crippen molar-refractivity contribution in [3.8, 4) is 0 Å². The summed E-state index contributed by atoms with van der Waals surface area (Å²) in [4.78, 5) is 24.4. The summed E-state index contributed by atoms with van der Waals surface area (Å²) in [5.74, 6) is -0.0916. The molecule has 1 saturated carbocycles. The van der Waals surface area contributed by atoms with Gasteiger partial charge in [-0.05, 0) is 39.5 Å². The summed E-state index contributed by atoms with van der Waals surface area (Å²) in [6, 6.07) is -0.324. The molecule has 1 fully saturated rings. The third-order valence-corrected chi connectivity index (χ3v) is 3.82. The fourth-order valence-corrected chi connectivity index (χ4v) is 2.68. The molecule has 128 valence electrons. The first-order chi connectivity index (χ1) is 10.2. The van der Waals surface area contributed by atoms with E-state index in [1.807, 2.05) is 34.6 Å². The van der Waals surface area contributed by atoms with E-state index < -0.39 is 17.7 Å². The molecule has 0 spiro atoms. The predicted molar refractivity (Wildman–Crippen MR) is 87.6 cm³/mol. The first-order valence-electron chi connectivity index (χ1n) is 8.49. The SMILES string of the molecule is CC(C)C(NC(=O)OC(C)(C)C)C(=O)NC1CCCCCC1. The molecule has 0 aromatic carbocycles. The van der Waals surface area contributed by atoms with Crippen LogP contribution in [-0.2, 0) is 9.53 Å². The van der Waals surface area contributed by atoms with Crippen molar-refractivity contribution in [1.29, 1.82) is 0 Å². The van der Waals surface area contributed by atoms with E-state index >= 15 is 0 Å². The van der Waals surface area contributed by atoms with Crippen LogP contribution in [0.1, 0.15) is 73.1 Å². The molecule has 0 heterocycles. The second kappa shape index (κ2) is 8.39. The van der Waals surface area contributed by atoms with E-state index in [1.165, 1.54) is 12.8 Å². The Labute approximate surface area is 134 Å². The Bertz CT molecular complexity index is 367. The van der Waals surface area contributed by atoms with Crippen LogP contribution in [-0.4, -0.2) is 29.7 Å². The minimum Gasteiger partial charge on any atom is -0.444 e. The second-order valence-corrected chi connectivity index (χ2v) is 7.56. The summed E-state index contributed by atoms with van der Waals surface area (Å²) in [6.45, 7) is 9.27. The molecule has 0 radical (unpaired) electrons. The van der Waals surface area contributed by atoms with Crippen molar-refractivity contribution in [3.63, 3.8) is 0 Å². The van der Waals surface area contributed by atoms with Crippen LogP contribution in [0.3, 0.4) is 0 Å². The number of hydrogen-bond acceptors (Lipinski definition) is 3. The molecule has 2 amide bonds. The van der Waals surface area contributed by atoms with Crippen LogP contribution in [0.5, 0.6) is 0 Å². The number of carbonyl (C=O) groups excluding carboxylic acids is 2. The summed E-state index contributed by atoms with van der Waals surface area (Å²) in [6.07, 6.45) is 6.34. The number of hydrogen-bond donors (Lipinski definition) is 2. The Morgan fingerprint density at radius 1 is 1.05 bits per heavy atom. The molecule has 22 heavy (non-hydrogen) atoms. The molecule has 1 rings (SSSR count). The van der Waals surface area contributed by atoms with Gasteiger partial charge in [0.15, 0.2) is 0 Å². The van der Waals surface area contributed by atoms with Gasteiger partial charge >= 0.3 is 6.09 Å². The van der Waals surface area contributed by atoms with Crippen molar-refractivity contribution >= 4 is 12.0 Å². The number of rotatable bonds is 4. The molecule has 1 unspecified atom stereocenters. The van der Waals surface area contributed by atoms with Crippen molar-refractivity contribution in [1.82, 2.24) is 10.6 Å². The molecule has 0 aromatic rings. The average Bonchev–Trinajstić information content (AvgIpc) is 2.62. The molecule has 5 nitrogen and oxygen atoms in total. The zero-order valence-electron chi connectivity index (χ0n) is 14.7. The summed E-state index contributed by atoms with van der Waals surface area (Å²) in [5.41, 5.74) is -0.566. The molecule has 0 aliphatic heterocycles. The Morgan fingerprint density at radius 3 is 2.05 bits per heavy atom. The highest BCUT2D eigenvalue weighted by atomic mass is 16.6. The zero-order valence-corrected chi connectivity index (χ0v) is 14.7. The van der Waals surface area contributed by atoms with Gasteiger partial charge in [0.05, 0.1) is 0 Å². The van der Waals surface area contributed by atoms with Gasteiger partial charge in [-0.25, -0.2) is 4.79 Å². The quantitative estimate of drug-likeness (QED) is 0.782. The summed E-state index contributed by atoms with van der Waals surface area (Å²) < 4.78 is 5.25. The van der Waals surface area contributed by atoms with Gasteiger partial charge in [-0.3, -0.25) is 4.79 Å². The topological polar surface area (TPSA) is 67.4 Å². The molecule has 1 atom stereocenters. The molecule has 1 aliphatic rings. The van der Waals surface area contributed by atoms with Gasteiger partial charge in [-0.2, -0.15) is 0 Å². The third kappa shape index (κ3) is 7.14. The molecule has 0 aromatic heterocycles. The van der Waals surface area contributed by atoms with E-state index in [4.69, 9.17) is 4.74 Å². The normalized spacial score (nSPS) is 18.5. The summed E-state index contributed by atoms with van der Waals surface area (Å²) >= 11 is 0. The van der Waals surface area contributed by atoms with Crippen LogP contribution in [0, 0.1) is 5.92 Å². The third-order valence-electron chi connectivity index (χ3n) is 3.82. The standard InChI is InChI=1S/C17H32N2O3/c1-12(2)14(19-16(21)22-17(3,4)5)15(20)18-13-10-8-6-7-9-11-13/h12-14H,6-11H2,1-5H3,(H,18,20)(H,19,21). The molecular weight excluding hydrogens is 280 g/mol. The van der Waals surface area contributed by atoms with Gasteiger partial charge in [0, 0.05) is 6.04 Å². The Balaban J connectivity index is 2.57. The largest absolute Gasteiger partial charge is 0.444 e. The minimum atomic E-state index is -0.566. The zero-order chi connectivity index (χ0) is 16.8. The lowest BCUT2D eigenvalue weighted by Crippen LogP contribution is -2.52. The van der Waals surface area contributed by atoms with Gasteiger partial charge in [0.25, 0.3) is 0 Å². The van der Waals surface area contributed by atoms with E-state index in [-0.39, 0.29) is 17.9 Å². The minimum absolute atomic E-state index is 0.0123. The number of carbonyl (C=O) groups is 2. The molecule has 2 N–H and O–H groups in total. The van der Waals surface area contributed by atoms with Crippen LogP contribution in [0.15, 0.2) is 0 Å². The van der Waals surface area contributed by atoms with Gasteiger partial charge in [-0.1, -0.05) is 39.5 Å². The maximum atomic E-state index is 12.5. The van der Waals surface area contributed by atoms with E-state index in [9.17, 15) is 9.59 Å². The molecular formula is C17H32N2O3. The molecule has 5 heteroatoms. The second-order valence-electron chi connectivity index (χ2n) is 7.56. The first kappa shape index (κ1) is 18.8. The summed E-state index contributed by atoms with van der Waals surface area (Å²) in [7, 11) is 0. The van der Waals surface area contributed by atoms with Crippen molar-refractivity contribution in [2.45, 2.75) is 90.8 Å². The van der Waals surface area contributed by atoms with Crippen molar-refractivity contribution in [2.24, 2.45) is 5.92 Å². The fourth-order valence-electron chi connectivity index (χ4n) is 2.68. The van der Waals surface area contributed by atoms with Crippen molar-refractivity contribution < 1.29 is 14.3 Å². The molecule has 0 saturated heterocycles. The highest BCUT2D eigenvalue weighted by Gasteiger charge is 2.28. The number of nitrogens with one attached hydrogen (secondary N) is 2. The maximum Gasteiger partial charge on any atom is 0.408 e. The van der Waals surface area contributed by atoms with E-state index in [0.717, 1.165) is 25.7 Å². The fraction of sp³-hybridized carbons (Fsp3) is 0.882. The van der Waals surface area contributed by atoms with Gasteiger partial charge in [0.2, 0.25) is 5.91 Å². The highest BCUT2D eigenvalue weighted by molar-refractivity contribution is 5.86. The van der Waals surface area contributed by atoms with Crippen LogP contribution < -0.4 is 10.6 Å². The lowest BCUT2D eigenvalue weighted by atomic mass is 10.0. The van der Waals surface area contributed by atoms with E-state index in [1.54, 1.807) is 0 Å². The van der Waals surface area contributed by atoms with Gasteiger partial charge in [-0.15, -0.1) is 0 Å². The Morgan fingerprint density at radius 2 is 1.59 bits per heavy atom. The van der Waals surface area contributed by atoms with Gasteiger partial charge < -0.3 is 15.4 Å². The Hall–Kier alpha value is -1.26. The van der Waals surface area contributed by atoms with Crippen LogP contribution in [0.25, 0.3) is 0 Å². The highest BCUT2D eigenvalue weighted by Crippen LogP contribution is 2.17. The van der Waals surface area contributed by atoms with Crippen LogP contribution in [0.4, 0.5) is 4.79 Å². The maximum absolute atomic E-state index is 12.5. The molecule has 1 aliphatic carbocycles. The van der Waals surface area contributed by atoms with E-state index in [0.29, 0.717) is 0 Å². The number of ether oxygens (including phenoxy) is 1. The van der Waals surface area contributed by atoms with E-state index in [2.05, 4.69) is 10.6 Å². The Kier molecular flexibility index (Phi) is 7.17. The first-order valence-corrected chi connectivity index (χ1v) is 8.49. The van der Waals surface area contributed by atoms with Crippen LogP contribution >= 0.6 is 0 Å². The van der Waals surface area contributed by atoms with Crippen molar-refractivity contribution in [3.05, 3.63) is 0 Å². The number of alkyl carbamates (subject to hydrolysis) is 1. The van der Waals surface area contributed by atoms with Crippen molar-refractivity contribution in [2.75, 3.05) is 0 Å². The average molecular weight is 312 g/mol. The lowest BCUT2D eigenvalue weighted by Gasteiger charge is -2.27. The smallest absolute Gasteiger partial charge is 0.408 e. The lowest BCUT2D eigenvalue weighted by molar-refractivity contribution is -0.125. The monoisotopic (exact) mass is 312 g/mol. The van der Waals surface area contributed by atoms with Crippen LogP contribution in [0.2, 0.25) is 0 Å². The number of amides is 2.